The van der Waals surface area contributed by atoms with E-state index in [9.17, 15) is 10.1 Å². The number of rotatable bonds is 2. The minimum atomic E-state index is -0.776. The van der Waals surface area contributed by atoms with Crippen molar-refractivity contribution >= 4 is 17.6 Å². The van der Waals surface area contributed by atoms with Crippen molar-refractivity contribution in [2.45, 2.75) is 51.0 Å². The molecule has 1 aliphatic rings. The standard InChI is InChI=1S/C16H18ClNO2/c1-15(2,3)20-14(19)9-16(10-18)7-6-11-8-12(17)4-5-13(11)16/h4-5,8H,6-7,9H2,1-3H3. The number of nitrogens with zero attached hydrogens (tertiary/aromatic N) is 1. The Kier molecular flexibility index (Phi) is 3.80. The van der Waals surface area contributed by atoms with Crippen LogP contribution in [0.3, 0.4) is 0 Å². The smallest absolute Gasteiger partial charge is 0.308 e. The van der Waals surface area contributed by atoms with Gasteiger partial charge >= 0.3 is 5.97 Å². The van der Waals surface area contributed by atoms with Crippen LogP contribution in [0.5, 0.6) is 0 Å². The van der Waals surface area contributed by atoms with Gasteiger partial charge in [-0.2, -0.15) is 5.26 Å². The van der Waals surface area contributed by atoms with E-state index in [4.69, 9.17) is 16.3 Å². The van der Waals surface area contributed by atoms with E-state index in [0.29, 0.717) is 11.4 Å². The molecule has 0 bridgehead atoms. The Morgan fingerprint density at radius 2 is 2.20 bits per heavy atom. The van der Waals surface area contributed by atoms with Gasteiger partial charge in [-0.3, -0.25) is 4.79 Å². The van der Waals surface area contributed by atoms with Crippen LogP contribution in [0, 0.1) is 11.3 Å². The predicted octanol–water partition coefficient (Wildman–Crippen LogP) is 3.78. The third-order valence-electron chi connectivity index (χ3n) is 3.48. The van der Waals surface area contributed by atoms with Crippen LogP contribution >= 0.6 is 11.6 Å². The first kappa shape index (κ1) is 14.9. The highest BCUT2D eigenvalue weighted by molar-refractivity contribution is 6.30. The zero-order valence-corrected chi connectivity index (χ0v) is 12.8. The molecule has 1 aromatic rings. The molecule has 1 unspecified atom stereocenters. The molecule has 1 aliphatic carbocycles. The number of hydrogen-bond acceptors (Lipinski definition) is 3. The quantitative estimate of drug-likeness (QED) is 0.779. The van der Waals surface area contributed by atoms with Crippen molar-refractivity contribution in [1.29, 1.82) is 5.26 Å². The summed E-state index contributed by atoms with van der Waals surface area (Å²) in [4.78, 5) is 12.1. The molecular weight excluding hydrogens is 274 g/mol. The molecule has 0 fully saturated rings. The van der Waals surface area contributed by atoms with Crippen LogP contribution in [0.25, 0.3) is 0 Å². The van der Waals surface area contributed by atoms with Crippen molar-refractivity contribution in [2.75, 3.05) is 0 Å². The van der Waals surface area contributed by atoms with Crippen molar-refractivity contribution < 1.29 is 9.53 Å². The SMILES string of the molecule is CC(C)(C)OC(=O)CC1(C#N)CCc2cc(Cl)ccc21. The molecule has 1 aromatic carbocycles. The summed E-state index contributed by atoms with van der Waals surface area (Å²) in [5, 5.41) is 10.3. The molecule has 0 aromatic heterocycles. The van der Waals surface area contributed by atoms with Gasteiger partial charge in [0, 0.05) is 5.02 Å². The highest BCUT2D eigenvalue weighted by Crippen LogP contribution is 2.42. The summed E-state index contributed by atoms with van der Waals surface area (Å²) in [6.07, 6.45) is 1.50. The van der Waals surface area contributed by atoms with Gasteiger partial charge in [0.05, 0.1) is 17.9 Å². The average molecular weight is 292 g/mol. The fourth-order valence-electron chi connectivity index (χ4n) is 2.68. The molecule has 0 saturated heterocycles. The number of esters is 1. The van der Waals surface area contributed by atoms with Gasteiger partial charge in [0.2, 0.25) is 0 Å². The summed E-state index contributed by atoms with van der Waals surface area (Å²) in [5.74, 6) is -0.332. The molecule has 0 N–H and O–H groups in total. The lowest BCUT2D eigenvalue weighted by molar-refractivity contribution is -0.155. The van der Waals surface area contributed by atoms with Crippen LogP contribution in [-0.4, -0.2) is 11.6 Å². The Morgan fingerprint density at radius 3 is 2.80 bits per heavy atom. The number of nitriles is 1. The van der Waals surface area contributed by atoms with Crippen LogP contribution in [-0.2, 0) is 21.4 Å². The first-order valence-electron chi connectivity index (χ1n) is 6.68. The van der Waals surface area contributed by atoms with E-state index in [-0.39, 0.29) is 12.4 Å². The fourth-order valence-corrected chi connectivity index (χ4v) is 2.88. The number of ether oxygens (including phenoxy) is 1. The number of fused-ring (bicyclic) bond motifs is 1. The number of hydrogen-bond donors (Lipinski definition) is 0. The Bertz CT molecular complexity index is 583. The molecule has 106 valence electrons. The topological polar surface area (TPSA) is 50.1 Å². The summed E-state index contributed by atoms with van der Waals surface area (Å²) in [5.41, 5.74) is 0.662. The van der Waals surface area contributed by atoms with Gasteiger partial charge in [-0.1, -0.05) is 17.7 Å². The second-order valence-corrected chi connectivity index (χ2v) is 6.70. The fraction of sp³-hybridized carbons (Fsp3) is 0.500. The molecule has 4 heteroatoms. The molecule has 1 atom stereocenters. The molecule has 0 amide bonds. The van der Waals surface area contributed by atoms with E-state index in [1.54, 1.807) is 6.07 Å². The molecule has 2 rings (SSSR count). The minimum absolute atomic E-state index is 0.0927. The highest BCUT2D eigenvalue weighted by Gasteiger charge is 2.42. The first-order chi connectivity index (χ1) is 9.26. The van der Waals surface area contributed by atoms with Gasteiger partial charge in [-0.05, 0) is 56.9 Å². The van der Waals surface area contributed by atoms with E-state index >= 15 is 0 Å². The summed E-state index contributed by atoms with van der Waals surface area (Å²) in [7, 11) is 0. The van der Waals surface area contributed by atoms with E-state index in [1.165, 1.54) is 0 Å². The van der Waals surface area contributed by atoms with Gasteiger partial charge in [0.1, 0.15) is 5.60 Å². The van der Waals surface area contributed by atoms with Crippen molar-refractivity contribution in [1.82, 2.24) is 0 Å². The number of halogens is 1. The molecule has 3 nitrogen and oxygen atoms in total. The monoisotopic (exact) mass is 291 g/mol. The van der Waals surface area contributed by atoms with Gasteiger partial charge in [-0.25, -0.2) is 0 Å². The Morgan fingerprint density at radius 1 is 1.50 bits per heavy atom. The third kappa shape index (κ3) is 2.96. The van der Waals surface area contributed by atoms with Crippen molar-refractivity contribution in [3.05, 3.63) is 34.3 Å². The predicted molar refractivity (Wildman–Crippen MR) is 77.5 cm³/mol. The van der Waals surface area contributed by atoms with Crippen molar-refractivity contribution in [2.24, 2.45) is 0 Å². The largest absolute Gasteiger partial charge is 0.460 e. The summed E-state index contributed by atoms with van der Waals surface area (Å²) < 4.78 is 5.35. The lowest BCUT2D eigenvalue weighted by Crippen LogP contribution is -2.30. The molecule has 0 aliphatic heterocycles. The number of aryl methyl sites for hydroxylation is 1. The van der Waals surface area contributed by atoms with Crippen LogP contribution in [0.1, 0.15) is 44.7 Å². The second-order valence-electron chi connectivity index (χ2n) is 6.26. The Balaban J connectivity index is 2.26. The summed E-state index contributed by atoms with van der Waals surface area (Å²) >= 11 is 5.98. The lowest BCUT2D eigenvalue weighted by Gasteiger charge is -2.25. The van der Waals surface area contributed by atoms with Gasteiger partial charge in [0.15, 0.2) is 0 Å². The van der Waals surface area contributed by atoms with Crippen LogP contribution in [0.15, 0.2) is 18.2 Å². The van der Waals surface area contributed by atoms with Crippen LogP contribution < -0.4 is 0 Å². The van der Waals surface area contributed by atoms with Gasteiger partial charge in [0.25, 0.3) is 0 Å². The number of carbonyl (C=O) groups excluding carboxylic acids is 1. The zero-order valence-electron chi connectivity index (χ0n) is 12.0. The summed E-state index contributed by atoms with van der Waals surface area (Å²) in [6.45, 7) is 5.48. The normalized spacial score (nSPS) is 21.1. The maximum atomic E-state index is 12.1. The second kappa shape index (κ2) is 5.10. The highest BCUT2D eigenvalue weighted by atomic mass is 35.5. The molecular formula is C16H18ClNO2. The molecule has 0 radical (unpaired) electrons. The third-order valence-corrected chi connectivity index (χ3v) is 3.72. The number of benzene rings is 1. The summed E-state index contributed by atoms with van der Waals surface area (Å²) in [6, 6.07) is 7.84. The maximum absolute atomic E-state index is 12.1. The minimum Gasteiger partial charge on any atom is -0.460 e. The Labute approximate surface area is 124 Å². The Hall–Kier alpha value is -1.53. The van der Waals surface area contributed by atoms with Crippen molar-refractivity contribution in [3.8, 4) is 6.07 Å². The average Bonchev–Trinajstić information content (AvgIpc) is 2.65. The van der Waals surface area contributed by atoms with Gasteiger partial charge < -0.3 is 4.74 Å². The first-order valence-corrected chi connectivity index (χ1v) is 7.06. The van der Waals surface area contributed by atoms with Gasteiger partial charge in [-0.15, -0.1) is 0 Å². The lowest BCUT2D eigenvalue weighted by atomic mass is 9.80. The molecule has 0 saturated carbocycles. The van der Waals surface area contributed by atoms with E-state index in [0.717, 1.165) is 17.5 Å². The van der Waals surface area contributed by atoms with E-state index in [2.05, 4.69) is 6.07 Å². The van der Waals surface area contributed by atoms with Crippen LogP contribution in [0.4, 0.5) is 0 Å². The maximum Gasteiger partial charge on any atom is 0.308 e. The number of carbonyl (C=O) groups is 1. The zero-order chi connectivity index (χ0) is 15.0. The molecule has 0 heterocycles. The van der Waals surface area contributed by atoms with Crippen LogP contribution in [0.2, 0.25) is 5.02 Å². The van der Waals surface area contributed by atoms with Crippen molar-refractivity contribution in [3.63, 3.8) is 0 Å². The molecule has 20 heavy (non-hydrogen) atoms. The van der Waals surface area contributed by atoms with E-state index in [1.807, 2.05) is 32.9 Å². The molecule has 0 spiro atoms. The van der Waals surface area contributed by atoms with E-state index < -0.39 is 11.0 Å².